The minimum atomic E-state index is 0.0267. The highest BCUT2D eigenvalue weighted by Crippen LogP contribution is 2.36. The molecular weight excluding hydrogens is 240 g/mol. The molecule has 19 heavy (non-hydrogen) atoms. The van der Waals surface area contributed by atoms with E-state index in [0.29, 0.717) is 6.04 Å². The first kappa shape index (κ1) is 11.0. The highest BCUT2D eigenvalue weighted by atomic mass is 16.2. The lowest BCUT2D eigenvalue weighted by Gasteiger charge is -2.38. The number of hydrogen-bond acceptors (Lipinski definition) is 3. The molecule has 2 atom stereocenters. The zero-order valence-electron chi connectivity index (χ0n) is 10.9. The Labute approximate surface area is 111 Å². The number of hydrogen-bond donors (Lipinski definition) is 1. The van der Waals surface area contributed by atoms with Crippen molar-refractivity contribution in [2.24, 2.45) is 0 Å². The number of carbonyl (C=O) groups is 1. The monoisotopic (exact) mass is 256 g/mol. The van der Waals surface area contributed by atoms with Crippen molar-refractivity contribution in [1.82, 2.24) is 19.9 Å². The molecule has 2 aliphatic rings. The summed E-state index contributed by atoms with van der Waals surface area (Å²) in [5.41, 5.74) is 1.65. The van der Waals surface area contributed by atoms with Crippen LogP contribution in [0.4, 0.5) is 0 Å². The Morgan fingerprint density at radius 3 is 3.11 bits per heavy atom. The van der Waals surface area contributed by atoms with Crippen molar-refractivity contribution in [2.45, 2.75) is 44.7 Å². The first-order valence-corrected chi connectivity index (χ1v) is 6.89. The van der Waals surface area contributed by atoms with Gasteiger partial charge in [-0.05, 0) is 25.8 Å². The minimum absolute atomic E-state index is 0.0267. The lowest BCUT2D eigenvalue weighted by atomic mass is 9.88. The van der Waals surface area contributed by atoms with Gasteiger partial charge in [-0.15, -0.1) is 0 Å². The molecule has 5 nitrogen and oxygen atoms in total. The molecule has 0 saturated heterocycles. The number of carbonyl (C=O) groups excluding carboxylic acids is 1. The molecule has 0 unspecified atom stereocenters. The summed E-state index contributed by atoms with van der Waals surface area (Å²) in [6, 6.07) is 2.53. The molecule has 0 bridgehead atoms. The van der Waals surface area contributed by atoms with Crippen LogP contribution in [0, 0.1) is 6.92 Å². The third-order valence-corrected chi connectivity index (χ3v) is 4.31. The van der Waals surface area contributed by atoms with E-state index >= 15 is 0 Å². The molecule has 5 heteroatoms. The van der Waals surface area contributed by atoms with Gasteiger partial charge in [0.1, 0.15) is 17.2 Å². The molecule has 4 rings (SSSR count). The maximum absolute atomic E-state index is 12.2. The zero-order valence-corrected chi connectivity index (χ0v) is 10.9. The first-order chi connectivity index (χ1) is 9.24. The standard InChI is InChI=1S/C14H16N4O/c1-8-15-7-9-6-12-14(19)17-10-4-2-3-5-11(10)18(12)13(9)16-8/h6-7,10-11H,2-5H2,1H3,(H,17,19)/t10-,11+/m0/s1. The lowest BCUT2D eigenvalue weighted by Crippen LogP contribution is -2.48. The van der Waals surface area contributed by atoms with Crippen LogP contribution in [-0.2, 0) is 0 Å². The van der Waals surface area contributed by atoms with E-state index in [1.54, 1.807) is 0 Å². The summed E-state index contributed by atoms with van der Waals surface area (Å²) in [7, 11) is 0. The predicted molar refractivity (Wildman–Crippen MR) is 71.0 cm³/mol. The predicted octanol–water partition coefficient (Wildman–Crippen LogP) is 1.97. The number of fused-ring (bicyclic) bond motifs is 5. The quantitative estimate of drug-likeness (QED) is 0.784. The Balaban J connectivity index is 1.98. The largest absolute Gasteiger partial charge is 0.346 e. The Morgan fingerprint density at radius 2 is 2.21 bits per heavy atom. The summed E-state index contributed by atoms with van der Waals surface area (Å²) < 4.78 is 2.15. The molecule has 0 spiro atoms. The van der Waals surface area contributed by atoms with Gasteiger partial charge in [-0.25, -0.2) is 9.97 Å². The van der Waals surface area contributed by atoms with E-state index in [9.17, 15) is 4.79 Å². The topological polar surface area (TPSA) is 59.8 Å². The smallest absolute Gasteiger partial charge is 0.268 e. The molecule has 3 heterocycles. The average Bonchev–Trinajstić information content (AvgIpc) is 2.78. The van der Waals surface area contributed by atoms with Gasteiger partial charge in [-0.2, -0.15) is 0 Å². The van der Waals surface area contributed by atoms with Crippen LogP contribution in [0.15, 0.2) is 12.3 Å². The van der Waals surface area contributed by atoms with Crippen molar-refractivity contribution >= 4 is 16.9 Å². The summed E-state index contributed by atoms with van der Waals surface area (Å²) in [5.74, 6) is 0.783. The van der Waals surface area contributed by atoms with Crippen LogP contribution in [-0.4, -0.2) is 26.5 Å². The summed E-state index contributed by atoms with van der Waals surface area (Å²) in [6.07, 6.45) is 6.42. The molecule has 0 radical (unpaired) electrons. The van der Waals surface area contributed by atoms with Crippen LogP contribution in [0.25, 0.3) is 11.0 Å². The summed E-state index contributed by atoms with van der Waals surface area (Å²) in [6.45, 7) is 1.89. The third kappa shape index (κ3) is 1.50. The zero-order chi connectivity index (χ0) is 13.0. The van der Waals surface area contributed by atoms with Crippen LogP contribution in [0.3, 0.4) is 0 Å². The van der Waals surface area contributed by atoms with Crippen LogP contribution in [0.2, 0.25) is 0 Å². The van der Waals surface area contributed by atoms with E-state index in [0.717, 1.165) is 35.4 Å². The Hall–Kier alpha value is -1.91. The minimum Gasteiger partial charge on any atom is -0.346 e. The van der Waals surface area contributed by atoms with Crippen molar-refractivity contribution in [3.8, 4) is 0 Å². The van der Waals surface area contributed by atoms with E-state index in [1.165, 1.54) is 12.8 Å². The lowest BCUT2D eigenvalue weighted by molar-refractivity contribution is 0.0855. The number of rotatable bonds is 0. The molecule has 1 N–H and O–H groups in total. The molecule has 1 fully saturated rings. The number of nitrogens with one attached hydrogen (secondary N) is 1. The van der Waals surface area contributed by atoms with Crippen LogP contribution < -0.4 is 5.32 Å². The van der Waals surface area contributed by atoms with Gasteiger partial charge in [0.05, 0.1) is 6.04 Å². The van der Waals surface area contributed by atoms with Gasteiger partial charge >= 0.3 is 0 Å². The molecule has 1 amide bonds. The Kier molecular flexibility index (Phi) is 2.19. The number of aryl methyl sites for hydroxylation is 1. The molecule has 98 valence electrons. The van der Waals surface area contributed by atoms with Gasteiger partial charge in [-0.1, -0.05) is 12.8 Å². The fourth-order valence-corrected chi connectivity index (χ4v) is 3.43. The van der Waals surface area contributed by atoms with Crippen molar-refractivity contribution in [2.75, 3.05) is 0 Å². The van der Waals surface area contributed by atoms with E-state index in [2.05, 4.69) is 19.9 Å². The van der Waals surface area contributed by atoms with Crippen LogP contribution in [0.5, 0.6) is 0 Å². The van der Waals surface area contributed by atoms with Crippen molar-refractivity contribution in [3.63, 3.8) is 0 Å². The summed E-state index contributed by atoms with van der Waals surface area (Å²) in [4.78, 5) is 21.0. The fraction of sp³-hybridized carbons (Fsp3) is 0.500. The normalized spacial score (nSPS) is 25.8. The molecule has 2 aromatic heterocycles. The van der Waals surface area contributed by atoms with E-state index in [-0.39, 0.29) is 11.9 Å². The van der Waals surface area contributed by atoms with E-state index < -0.39 is 0 Å². The van der Waals surface area contributed by atoms with Crippen molar-refractivity contribution in [1.29, 1.82) is 0 Å². The van der Waals surface area contributed by atoms with Gasteiger partial charge in [0.2, 0.25) is 0 Å². The molecule has 1 aliphatic heterocycles. The highest BCUT2D eigenvalue weighted by molar-refractivity contribution is 5.99. The van der Waals surface area contributed by atoms with Gasteiger partial charge < -0.3 is 9.88 Å². The molecule has 1 aliphatic carbocycles. The van der Waals surface area contributed by atoms with Crippen LogP contribution >= 0.6 is 0 Å². The SMILES string of the molecule is Cc1ncc2cc3n(c2n1)[C@@H]1CCCC[C@@H]1NC3=O. The average molecular weight is 256 g/mol. The first-order valence-electron chi connectivity index (χ1n) is 6.89. The third-order valence-electron chi connectivity index (χ3n) is 4.31. The second-order valence-electron chi connectivity index (χ2n) is 5.53. The second kappa shape index (κ2) is 3.79. The van der Waals surface area contributed by atoms with Gasteiger partial charge in [-0.3, -0.25) is 4.79 Å². The van der Waals surface area contributed by atoms with Gasteiger partial charge in [0.25, 0.3) is 5.91 Å². The Morgan fingerprint density at radius 1 is 1.37 bits per heavy atom. The van der Waals surface area contributed by atoms with E-state index in [4.69, 9.17) is 0 Å². The molecule has 1 saturated carbocycles. The number of nitrogens with zero attached hydrogens (tertiary/aromatic N) is 3. The van der Waals surface area contributed by atoms with Crippen molar-refractivity contribution in [3.05, 3.63) is 23.8 Å². The highest BCUT2D eigenvalue weighted by Gasteiger charge is 2.36. The molecule has 0 aromatic carbocycles. The molecule has 2 aromatic rings. The maximum atomic E-state index is 12.2. The summed E-state index contributed by atoms with van der Waals surface area (Å²) in [5, 5.41) is 4.10. The number of amides is 1. The number of aromatic nitrogens is 3. The van der Waals surface area contributed by atoms with Gasteiger partial charge in [0.15, 0.2) is 0 Å². The second-order valence-corrected chi connectivity index (χ2v) is 5.53. The van der Waals surface area contributed by atoms with Crippen LogP contribution in [0.1, 0.15) is 48.0 Å². The molecular formula is C14H16N4O. The summed E-state index contributed by atoms with van der Waals surface area (Å²) >= 11 is 0. The maximum Gasteiger partial charge on any atom is 0.268 e. The fourth-order valence-electron chi connectivity index (χ4n) is 3.43. The van der Waals surface area contributed by atoms with E-state index in [1.807, 2.05) is 19.2 Å². The van der Waals surface area contributed by atoms with Crippen molar-refractivity contribution < 1.29 is 4.79 Å². The van der Waals surface area contributed by atoms with Gasteiger partial charge in [0, 0.05) is 17.6 Å². The Bertz CT molecular complexity index is 675.